The first kappa shape index (κ1) is 13.1. The molecule has 1 aromatic carbocycles. The molecule has 0 spiro atoms. The second-order valence-electron chi connectivity index (χ2n) is 4.97. The summed E-state index contributed by atoms with van der Waals surface area (Å²) >= 11 is 6.35. The lowest BCUT2D eigenvalue weighted by molar-refractivity contribution is 0.515. The molecule has 0 bridgehead atoms. The first-order valence-corrected chi connectivity index (χ1v) is 7.21. The maximum absolute atomic E-state index is 6.35. The molecule has 0 amide bonds. The molecule has 3 aromatic rings. The summed E-state index contributed by atoms with van der Waals surface area (Å²) in [4.78, 5) is 8.69. The van der Waals surface area contributed by atoms with Crippen LogP contribution < -0.4 is 0 Å². The van der Waals surface area contributed by atoms with Crippen molar-refractivity contribution in [3.05, 3.63) is 64.9 Å². The highest BCUT2D eigenvalue weighted by molar-refractivity contribution is 6.31. The van der Waals surface area contributed by atoms with Crippen molar-refractivity contribution >= 4 is 23.3 Å². The van der Waals surface area contributed by atoms with Gasteiger partial charge in [0.25, 0.3) is 5.95 Å². The topological polar surface area (TPSA) is 68.8 Å². The Kier molecular flexibility index (Phi) is 3.16. The van der Waals surface area contributed by atoms with Crippen LogP contribution in [0, 0.1) is 0 Å². The SMILES string of the molecule is Clc1ccccc1C1CC(c2cccnc2)=Nc2nnnn21. The fraction of sp³-hybridized carbons (Fsp3) is 0.133. The number of rotatable bonds is 2. The highest BCUT2D eigenvalue weighted by Crippen LogP contribution is 2.34. The molecular formula is C15H11ClN6. The van der Waals surface area contributed by atoms with E-state index >= 15 is 0 Å². The van der Waals surface area contributed by atoms with Gasteiger partial charge in [-0.25, -0.2) is 9.67 Å². The molecule has 22 heavy (non-hydrogen) atoms. The van der Waals surface area contributed by atoms with Crippen LogP contribution in [0.1, 0.15) is 23.6 Å². The van der Waals surface area contributed by atoms with E-state index in [-0.39, 0.29) is 6.04 Å². The number of halogens is 1. The van der Waals surface area contributed by atoms with Gasteiger partial charge in [0.2, 0.25) is 0 Å². The molecule has 0 radical (unpaired) electrons. The smallest absolute Gasteiger partial charge is 0.264 e. The lowest BCUT2D eigenvalue weighted by atomic mass is 9.97. The Morgan fingerprint density at radius 2 is 2.05 bits per heavy atom. The molecule has 0 fully saturated rings. The Balaban J connectivity index is 1.83. The molecule has 0 aliphatic carbocycles. The number of tetrazole rings is 1. The Bertz CT molecular complexity index is 842. The fourth-order valence-electron chi connectivity index (χ4n) is 2.60. The van der Waals surface area contributed by atoms with E-state index in [0.29, 0.717) is 17.4 Å². The van der Waals surface area contributed by atoms with E-state index in [0.717, 1.165) is 16.8 Å². The van der Waals surface area contributed by atoms with Gasteiger partial charge in [-0.3, -0.25) is 4.98 Å². The minimum atomic E-state index is -0.0774. The fourth-order valence-corrected chi connectivity index (χ4v) is 2.86. The van der Waals surface area contributed by atoms with E-state index in [1.165, 1.54) is 0 Å². The van der Waals surface area contributed by atoms with Gasteiger partial charge in [-0.2, -0.15) is 0 Å². The van der Waals surface area contributed by atoms with Crippen molar-refractivity contribution in [1.29, 1.82) is 0 Å². The van der Waals surface area contributed by atoms with Crippen LogP contribution in [0.3, 0.4) is 0 Å². The molecule has 1 atom stereocenters. The van der Waals surface area contributed by atoms with Crippen molar-refractivity contribution in [3.8, 4) is 0 Å². The van der Waals surface area contributed by atoms with Gasteiger partial charge in [-0.15, -0.1) is 0 Å². The number of fused-ring (bicyclic) bond motifs is 1. The van der Waals surface area contributed by atoms with Gasteiger partial charge in [-0.1, -0.05) is 41.0 Å². The number of pyridine rings is 1. The Hall–Kier alpha value is -2.60. The predicted octanol–water partition coefficient (Wildman–Crippen LogP) is 2.84. The molecule has 0 saturated heterocycles. The maximum Gasteiger partial charge on any atom is 0.269 e. The second-order valence-corrected chi connectivity index (χ2v) is 5.37. The summed E-state index contributed by atoms with van der Waals surface area (Å²) in [6, 6.07) is 11.5. The third kappa shape index (κ3) is 2.17. The van der Waals surface area contributed by atoms with Crippen LogP contribution in [0.15, 0.2) is 53.8 Å². The predicted molar refractivity (Wildman–Crippen MR) is 82.5 cm³/mol. The van der Waals surface area contributed by atoms with Gasteiger partial charge >= 0.3 is 0 Å². The summed E-state index contributed by atoms with van der Waals surface area (Å²) < 4.78 is 1.71. The monoisotopic (exact) mass is 310 g/mol. The van der Waals surface area contributed by atoms with Crippen LogP contribution >= 0.6 is 11.6 Å². The van der Waals surface area contributed by atoms with E-state index in [9.17, 15) is 0 Å². The molecule has 108 valence electrons. The van der Waals surface area contributed by atoms with Crippen molar-refractivity contribution in [2.24, 2.45) is 4.99 Å². The minimum absolute atomic E-state index is 0.0774. The lowest BCUT2D eigenvalue weighted by Crippen LogP contribution is -2.21. The lowest BCUT2D eigenvalue weighted by Gasteiger charge is -2.23. The number of nitrogens with zero attached hydrogens (tertiary/aromatic N) is 6. The maximum atomic E-state index is 6.35. The van der Waals surface area contributed by atoms with Crippen LogP contribution in [-0.4, -0.2) is 30.9 Å². The van der Waals surface area contributed by atoms with Gasteiger partial charge in [0.1, 0.15) is 0 Å². The van der Waals surface area contributed by atoms with E-state index in [1.54, 1.807) is 17.1 Å². The van der Waals surface area contributed by atoms with Crippen molar-refractivity contribution in [2.45, 2.75) is 12.5 Å². The van der Waals surface area contributed by atoms with E-state index < -0.39 is 0 Å². The molecule has 2 aromatic heterocycles. The van der Waals surface area contributed by atoms with Gasteiger partial charge < -0.3 is 0 Å². The largest absolute Gasteiger partial charge is 0.269 e. The number of aromatic nitrogens is 5. The molecule has 0 N–H and O–H groups in total. The van der Waals surface area contributed by atoms with Crippen molar-refractivity contribution in [2.75, 3.05) is 0 Å². The quantitative estimate of drug-likeness (QED) is 0.730. The van der Waals surface area contributed by atoms with Gasteiger partial charge in [0.05, 0.1) is 11.8 Å². The van der Waals surface area contributed by atoms with Crippen LogP contribution in [0.4, 0.5) is 5.95 Å². The summed E-state index contributed by atoms with van der Waals surface area (Å²) in [5.41, 5.74) is 2.85. The summed E-state index contributed by atoms with van der Waals surface area (Å²) in [5.74, 6) is 0.482. The minimum Gasteiger partial charge on any atom is -0.264 e. The molecule has 3 heterocycles. The zero-order chi connectivity index (χ0) is 14.9. The average Bonchev–Trinajstić information content (AvgIpc) is 3.04. The Labute approximate surface area is 131 Å². The molecule has 1 unspecified atom stereocenters. The summed E-state index contributed by atoms with van der Waals surface area (Å²) in [5, 5.41) is 12.5. The van der Waals surface area contributed by atoms with E-state index in [2.05, 4.69) is 25.5 Å². The van der Waals surface area contributed by atoms with Crippen LogP contribution in [0.5, 0.6) is 0 Å². The van der Waals surface area contributed by atoms with Gasteiger partial charge in [0, 0.05) is 29.4 Å². The molecule has 1 aliphatic heterocycles. The van der Waals surface area contributed by atoms with Gasteiger partial charge in [0.15, 0.2) is 0 Å². The zero-order valence-electron chi connectivity index (χ0n) is 11.5. The third-order valence-corrected chi connectivity index (χ3v) is 4.00. The number of benzene rings is 1. The highest BCUT2D eigenvalue weighted by atomic mass is 35.5. The normalized spacial score (nSPS) is 17.0. The molecule has 1 aliphatic rings. The summed E-state index contributed by atoms with van der Waals surface area (Å²) in [7, 11) is 0. The highest BCUT2D eigenvalue weighted by Gasteiger charge is 2.28. The molecule has 4 rings (SSSR count). The molecule has 0 saturated carbocycles. The third-order valence-electron chi connectivity index (χ3n) is 3.65. The second kappa shape index (κ2) is 5.31. The van der Waals surface area contributed by atoms with Crippen molar-refractivity contribution < 1.29 is 0 Å². The van der Waals surface area contributed by atoms with E-state index in [4.69, 9.17) is 11.6 Å². The first-order chi connectivity index (χ1) is 10.8. The number of hydrogen-bond donors (Lipinski definition) is 0. The zero-order valence-corrected chi connectivity index (χ0v) is 12.2. The molecular weight excluding hydrogens is 300 g/mol. The summed E-state index contributed by atoms with van der Waals surface area (Å²) in [6.45, 7) is 0. The Morgan fingerprint density at radius 1 is 1.14 bits per heavy atom. The van der Waals surface area contributed by atoms with Gasteiger partial charge in [-0.05, 0) is 28.1 Å². The standard InChI is InChI=1S/C15H11ClN6/c16-12-6-2-1-5-11(12)14-8-13(10-4-3-7-17-9-10)18-15-19-20-21-22(14)15/h1-7,9,14H,8H2. The van der Waals surface area contributed by atoms with Crippen LogP contribution in [0.25, 0.3) is 0 Å². The molecule has 7 heteroatoms. The van der Waals surface area contributed by atoms with Crippen LogP contribution in [-0.2, 0) is 0 Å². The van der Waals surface area contributed by atoms with E-state index in [1.807, 2.05) is 36.4 Å². The summed E-state index contributed by atoms with van der Waals surface area (Å²) in [6.07, 6.45) is 4.19. The first-order valence-electron chi connectivity index (χ1n) is 6.83. The Morgan fingerprint density at radius 3 is 2.86 bits per heavy atom. The van der Waals surface area contributed by atoms with Crippen LogP contribution in [0.2, 0.25) is 5.02 Å². The molecule has 6 nitrogen and oxygen atoms in total. The number of aliphatic imine (C=N–C) groups is 1. The van der Waals surface area contributed by atoms with Crippen molar-refractivity contribution in [1.82, 2.24) is 25.2 Å². The average molecular weight is 311 g/mol. The van der Waals surface area contributed by atoms with Crippen molar-refractivity contribution in [3.63, 3.8) is 0 Å². The number of hydrogen-bond acceptors (Lipinski definition) is 5.